The Labute approximate surface area is 169 Å². The molecule has 0 aromatic heterocycles. The normalized spacial score (nSPS) is 21.2. The highest BCUT2D eigenvalue weighted by atomic mass is 32.2. The minimum atomic E-state index is -3.74. The van der Waals surface area contributed by atoms with Crippen LogP contribution < -0.4 is 0 Å². The van der Waals surface area contributed by atoms with Gasteiger partial charge in [0.1, 0.15) is 5.82 Å². The summed E-state index contributed by atoms with van der Waals surface area (Å²) in [6.07, 6.45) is 1.81. The lowest BCUT2D eigenvalue weighted by Gasteiger charge is -2.32. The summed E-state index contributed by atoms with van der Waals surface area (Å²) < 4.78 is 42.4. The molecule has 1 fully saturated rings. The summed E-state index contributed by atoms with van der Waals surface area (Å²) in [6.45, 7) is -0.1000. The largest absolute Gasteiger partial charge is 0.477 e. The SMILES string of the molecule is CN([C@@H]1CCC2=[N+](CC(=O)O)c3ccccc3C2C1)S(=O)(=O)c1ccc(F)cc1. The Hall–Kier alpha value is -2.58. The summed E-state index contributed by atoms with van der Waals surface area (Å²) in [4.78, 5) is 11.4. The highest BCUT2D eigenvalue weighted by molar-refractivity contribution is 7.89. The number of hydrogen-bond acceptors (Lipinski definition) is 3. The molecule has 6 nitrogen and oxygen atoms in total. The lowest BCUT2D eigenvalue weighted by Crippen LogP contribution is -2.42. The van der Waals surface area contributed by atoms with Crippen molar-refractivity contribution in [1.29, 1.82) is 0 Å². The second-order valence-electron chi connectivity index (χ2n) is 7.49. The van der Waals surface area contributed by atoms with E-state index >= 15 is 0 Å². The molecule has 1 saturated carbocycles. The van der Waals surface area contributed by atoms with Gasteiger partial charge in [-0.25, -0.2) is 17.6 Å². The predicted molar refractivity (Wildman–Crippen MR) is 106 cm³/mol. The van der Waals surface area contributed by atoms with Crippen molar-refractivity contribution in [3.63, 3.8) is 0 Å². The van der Waals surface area contributed by atoms with E-state index in [2.05, 4.69) is 0 Å². The number of aliphatic carboxylic acids is 1. The van der Waals surface area contributed by atoms with Gasteiger partial charge in [0, 0.05) is 31.1 Å². The van der Waals surface area contributed by atoms with Crippen molar-refractivity contribution >= 4 is 27.4 Å². The van der Waals surface area contributed by atoms with E-state index in [0.717, 1.165) is 29.1 Å². The van der Waals surface area contributed by atoms with Crippen molar-refractivity contribution < 1.29 is 27.3 Å². The molecule has 0 amide bonds. The van der Waals surface area contributed by atoms with Crippen molar-refractivity contribution in [2.24, 2.45) is 0 Å². The maximum Gasteiger partial charge on any atom is 0.370 e. The van der Waals surface area contributed by atoms with Crippen molar-refractivity contribution in [2.45, 2.75) is 36.1 Å². The molecule has 0 bridgehead atoms. The highest BCUT2D eigenvalue weighted by Crippen LogP contribution is 2.43. The van der Waals surface area contributed by atoms with E-state index in [1.807, 2.05) is 28.8 Å². The van der Waals surface area contributed by atoms with Crippen LogP contribution in [0.15, 0.2) is 53.4 Å². The Balaban J connectivity index is 1.64. The van der Waals surface area contributed by atoms with E-state index in [4.69, 9.17) is 0 Å². The third-order valence-corrected chi connectivity index (χ3v) is 7.82. The van der Waals surface area contributed by atoms with E-state index in [0.29, 0.717) is 19.3 Å². The quantitative estimate of drug-likeness (QED) is 0.759. The molecule has 1 aliphatic carbocycles. The van der Waals surface area contributed by atoms with Crippen LogP contribution in [0.5, 0.6) is 0 Å². The zero-order valence-electron chi connectivity index (χ0n) is 16.0. The van der Waals surface area contributed by atoms with Gasteiger partial charge in [0.15, 0.2) is 5.71 Å². The Morgan fingerprint density at radius 3 is 2.59 bits per heavy atom. The third-order valence-electron chi connectivity index (χ3n) is 5.89. The molecule has 0 spiro atoms. The molecular formula is C21H22FN2O4S+. The number of fused-ring (bicyclic) bond motifs is 3. The fourth-order valence-electron chi connectivity index (χ4n) is 4.45. The monoisotopic (exact) mass is 417 g/mol. The molecule has 2 atom stereocenters. The maximum absolute atomic E-state index is 13.2. The number of benzene rings is 2. The van der Waals surface area contributed by atoms with Gasteiger partial charge in [-0.15, -0.1) is 0 Å². The van der Waals surface area contributed by atoms with E-state index in [-0.39, 0.29) is 23.4 Å². The standard InChI is InChI=1S/C21H21FN2O4S/c1-23(29(27,28)16-9-6-14(22)7-10-16)15-8-11-20-18(12-15)17-4-2-3-5-19(17)24(20)13-21(25)26/h2-7,9-10,15,18H,8,11-13H2,1H3/p+1/t15-,18?/m1/s1. The van der Waals surface area contributed by atoms with Gasteiger partial charge in [-0.2, -0.15) is 8.88 Å². The molecule has 4 rings (SSSR count). The fourth-order valence-corrected chi connectivity index (χ4v) is 5.84. The molecule has 2 aromatic carbocycles. The van der Waals surface area contributed by atoms with E-state index in [9.17, 15) is 22.7 Å². The van der Waals surface area contributed by atoms with Crippen LogP contribution >= 0.6 is 0 Å². The van der Waals surface area contributed by atoms with Crippen LogP contribution in [0.1, 0.15) is 30.7 Å². The first-order valence-corrected chi connectivity index (χ1v) is 10.9. The number of carbonyl (C=O) groups is 1. The molecule has 1 heterocycles. The number of halogens is 1. The van der Waals surface area contributed by atoms with E-state index < -0.39 is 21.8 Å². The number of hydrogen-bond donors (Lipinski definition) is 1. The van der Waals surface area contributed by atoms with Crippen LogP contribution in [0, 0.1) is 5.82 Å². The lowest BCUT2D eigenvalue weighted by atomic mass is 9.81. The fraction of sp³-hybridized carbons (Fsp3) is 0.333. The average molecular weight is 417 g/mol. The third kappa shape index (κ3) is 3.47. The predicted octanol–water partition coefficient (Wildman–Crippen LogP) is 2.97. The van der Waals surface area contributed by atoms with Crippen molar-refractivity contribution in [1.82, 2.24) is 4.31 Å². The molecule has 29 heavy (non-hydrogen) atoms. The van der Waals surface area contributed by atoms with Gasteiger partial charge >= 0.3 is 5.97 Å². The van der Waals surface area contributed by atoms with Crippen LogP contribution in [0.2, 0.25) is 0 Å². The minimum absolute atomic E-state index is 0.00447. The Morgan fingerprint density at radius 1 is 1.21 bits per heavy atom. The van der Waals surface area contributed by atoms with E-state index in [1.54, 1.807) is 7.05 Å². The molecule has 152 valence electrons. The summed E-state index contributed by atoms with van der Waals surface area (Å²) in [5, 5.41) is 9.31. The van der Waals surface area contributed by atoms with Gasteiger partial charge in [-0.1, -0.05) is 18.2 Å². The second kappa shape index (κ2) is 7.35. The number of para-hydroxylation sites is 1. The molecule has 2 aliphatic rings. The first-order valence-electron chi connectivity index (χ1n) is 9.46. The Morgan fingerprint density at radius 2 is 1.90 bits per heavy atom. The summed E-state index contributed by atoms with van der Waals surface area (Å²) in [5.41, 5.74) is 2.97. The second-order valence-corrected chi connectivity index (χ2v) is 9.48. The number of carboxylic acids is 1. The minimum Gasteiger partial charge on any atom is -0.477 e. The van der Waals surface area contributed by atoms with Gasteiger partial charge in [0.05, 0.1) is 10.8 Å². The van der Waals surface area contributed by atoms with Gasteiger partial charge in [0.2, 0.25) is 22.3 Å². The molecule has 1 aliphatic heterocycles. The number of sulfonamides is 1. The topological polar surface area (TPSA) is 77.7 Å². The molecule has 8 heteroatoms. The number of nitrogens with zero attached hydrogens (tertiary/aromatic N) is 2. The van der Waals surface area contributed by atoms with Crippen LogP contribution in [-0.4, -0.2) is 53.7 Å². The van der Waals surface area contributed by atoms with Crippen LogP contribution in [-0.2, 0) is 14.8 Å². The van der Waals surface area contributed by atoms with E-state index in [1.165, 1.54) is 16.4 Å². The molecule has 2 aromatic rings. The molecule has 0 saturated heterocycles. The maximum atomic E-state index is 13.2. The number of carboxylic acid groups (broad SMARTS) is 1. The average Bonchev–Trinajstić information content (AvgIpc) is 3.00. The summed E-state index contributed by atoms with van der Waals surface area (Å²) in [6, 6.07) is 12.3. The van der Waals surface area contributed by atoms with Crippen molar-refractivity contribution in [3.8, 4) is 0 Å². The first-order chi connectivity index (χ1) is 13.8. The lowest BCUT2D eigenvalue weighted by molar-refractivity contribution is -0.430. The smallest absolute Gasteiger partial charge is 0.370 e. The molecule has 1 unspecified atom stereocenters. The van der Waals surface area contributed by atoms with Crippen molar-refractivity contribution in [2.75, 3.05) is 13.6 Å². The Kier molecular flexibility index (Phi) is 5.00. The highest BCUT2D eigenvalue weighted by Gasteiger charge is 2.45. The zero-order valence-corrected chi connectivity index (χ0v) is 16.8. The summed E-state index contributed by atoms with van der Waals surface area (Å²) >= 11 is 0. The van der Waals surface area contributed by atoms with Gasteiger partial charge in [0.25, 0.3) is 0 Å². The van der Waals surface area contributed by atoms with Gasteiger partial charge in [-0.05, 0) is 37.1 Å². The van der Waals surface area contributed by atoms with Crippen LogP contribution in [0.4, 0.5) is 10.1 Å². The number of rotatable bonds is 5. The summed E-state index contributed by atoms with van der Waals surface area (Å²) in [5.74, 6) is -1.38. The molecular weight excluding hydrogens is 395 g/mol. The zero-order chi connectivity index (χ0) is 20.8. The van der Waals surface area contributed by atoms with Gasteiger partial charge < -0.3 is 5.11 Å². The Bertz CT molecular complexity index is 1100. The van der Waals surface area contributed by atoms with Crippen molar-refractivity contribution in [3.05, 3.63) is 59.9 Å². The van der Waals surface area contributed by atoms with Crippen LogP contribution in [0.3, 0.4) is 0 Å². The van der Waals surface area contributed by atoms with Gasteiger partial charge in [-0.3, -0.25) is 0 Å². The summed E-state index contributed by atoms with van der Waals surface area (Å²) in [7, 11) is -2.18. The molecule has 0 radical (unpaired) electrons. The molecule has 1 N–H and O–H groups in total. The first kappa shape index (κ1) is 19.7. The van der Waals surface area contributed by atoms with Crippen LogP contribution in [0.25, 0.3) is 0 Å².